The number of rotatable bonds is 12. The predicted octanol–water partition coefficient (Wildman–Crippen LogP) is 4.04. The van der Waals surface area contributed by atoms with Crippen LogP contribution in [0.3, 0.4) is 0 Å². The summed E-state index contributed by atoms with van der Waals surface area (Å²) >= 11 is 0. The Morgan fingerprint density at radius 3 is 0.920 bits per heavy atom. The summed E-state index contributed by atoms with van der Waals surface area (Å²) in [7, 11) is -3.33. The Morgan fingerprint density at radius 2 is 0.760 bits per heavy atom. The molecule has 0 aliphatic heterocycles. The second-order valence-corrected chi connectivity index (χ2v) is 3.59. The maximum atomic E-state index is 12.7. The van der Waals surface area contributed by atoms with Crippen LogP contribution in [-0.2, 0) is 29.1 Å². The molecule has 144 valence electrons. The van der Waals surface area contributed by atoms with Crippen LogP contribution >= 0.6 is 0 Å². The van der Waals surface area contributed by atoms with E-state index >= 15 is 0 Å². The predicted molar refractivity (Wildman–Crippen MR) is 57.8 cm³/mol. The number of hydrogen-bond donors (Lipinski definition) is 0. The van der Waals surface area contributed by atoms with Gasteiger partial charge in [0.25, 0.3) is 0 Å². The summed E-state index contributed by atoms with van der Waals surface area (Å²) in [4.78, 5) is 18.8. The second-order valence-electron chi connectivity index (χ2n) is 3.59. The zero-order valence-electron chi connectivity index (χ0n) is 11.5. The van der Waals surface area contributed by atoms with E-state index in [-0.39, 0.29) is 0 Å². The molecule has 0 aromatic rings. The van der Waals surface area contributed by atoms with Crippen molar-refractivity contribution < 1.29 is 68.6 Å². The van der Waals surface area contributed by atoms with Crippen molar-refractivity contribution in [2.45, 2.75) is 18.3 Å². The van der Waals surface area contributed by atoms with Crippen LogP contribution in [0.15, 0.2) is 37.2 Å². The van der Waals surface area contributed by atoms with E-state index in [2.05, 4.69) is 48.8 Å². The Labute approximate surface area is 132 Å². The molecule has 0 unspecified atom stereocenters. The first-order valence-electron chi connectivity index (χ1n) is 5.33. The molecule has 0 aromatic heterocycles. The van der Waals surface area contributed by atoms with Crippen LogP contribution in [-0.4, -0.2) is 25.6 Å². The van der Waals surface area contributed by atoms with Crippen LogP contribution in [0.1, 0.15) is 0 Å². The topological polar surface area (TPSA) is 55.4 Å². The van der Waals surface area contributed by atoms with Gasteiger partial charge in [0.1, 0.15) is 0 Å². The molecular formula is C9H6BF9O6. The lowest BCUT2D eigenvalue weighted by Crippen LogP contribution is -2.37. The SMILES string of the molecule is C=C(F)C(F)(F)OOB(OOC(F)(F)C(=C)F)OOC(F)(F)C(=C)F. The van der Waals surface area contributed by atoms with Crippen molar-refractivity contribution in [2.24, 2.45) is 0 Å². The van der Waals surface area contributed by atoms with Crippen LogP contribution in [0.4, 0.5) is 39.5 Å². The molecule has 0 saturated carbocycles. The molecular weight excluding hydrogens is 386 g/mol. The molecule has 0 amide bonds. The van der Waals surface area contributed by atoms with Crippen molar-refractivity contribution in [3.8, 4) is 0 Å². The van der Waals surface area contributed by atoms with E-state index in [9.17, 15) is 39.5 Å². The Hall–Kier alpha value is -1.59. The third-order valence-corrected chi connectivity index (χ3v) is 1.64. The zero-order valence-corrected chi connectivity index (χ0v) is 11.5. The second kappa shape index (κ2) is 8.68. The van der Waals surface area contributed by atoms with Crippen LogP contribution in [0.25, 0.3) is 0 Å². The number of halogens is 9. The summed E-state index contributed by atoms with van der Waals surface area (Å²) in [5.74, 6) is -7.46. The molecule has 0 aromatic carbocycles. The Balaban J connectivity index is 4.96. The van der Waals surface area contributed by atoms with Crippen LogP contribution in [0.5, 0.6) is 0 Å². The lowest BCUT2D eigenvalue weighted by molar-refractivity contribution is -0.466. The summed E-state index contributed by atoms with van der Waals surface area (Å²) in [6.07, 6.45) is -14.8. The zero-order chi connectivity index (χ0) is 20.1. The van der Waals surface area contributed by atoms with Crippen LogP contribution in [0.2, 0.25) is 0 Å². The molecule has 25 heavy (non-hydrogen) atoms. The van der Waals surface area contributed by atoms with Gasteiger partial charge in [0.15, 0.2) is 17.5 Å². The standard InChI is InChI=1S/C9H6BF9O6/c1-4(11)7(14,15)20-23-10(24-21-8(16,17)5(2)12)25-22-9(18,19)6(3)13/h1-3H2. The molecule has 0 spiro atoms. The molecule has 0 heterocycles. The van der Waals surface area contributed by atoms with E-state index in [4.69, 9.17) is 0 Å². The van der Waals surface area contributed by atoms with E-state index in [1.807, 2.05) is 0 Å². The van der Waals surface area contributed by atoms with Crippen molar-refractivity contribution in [3.63, 3.8) is 0 Å². The van der Waals surface area contributed by atoms with E-state index in [0.717, 1.165) is 0 Å². The third kappa shape index (κ3) is 7.89. The van der Waals surface area contributed by atoms with Gasteiger partial charge in [-0.15, -0.1) is 0 Å². The highest BCUT2D eigenvalue weighted by Gasteiger charge is 2.46. The fraction of sp³-hybridized carbons (Fsp3) is 0.333. The van der Waals surface area contributed by atoms with Gasteiger partial charge in [-0.2, -0.15) is 41.0 Å². The molecule has 0 fully saturated rings. The van der Waals surface area contributed by atoms with Gasteiger partial charge in [-0.3, -0.25) is 0 Å². The summed E-state index contributed by atoms with van der Waals surface area (Å²) in [6, 6.07) is 0. The van der Waals surface area contributed by atoms with Gasteiger partial charge in [0.05, 0.1) is 0 Å². The molecule has 6 nitrogen and oxygen atoms in total. The largest absolute Gasteiger partial charge is 0.726 e. The van der Waals surface area contributed by atoms with Gasteiger partial charge in [-0.25, -0.2) is 27.6 Å². The molecule has 0 bridgehead atoms. The van der Waals surface area contributed by atoms with E-state index in [1.165, 1.54) is 0 Å². The van der Waals surface area contributed by atoms with E-state index in [1.54, 1.807) is 0 Å². The van der Waals surface area contributed by atoms with Crippen molar-refractivity contribution >= 4 is 7.32 Å². The first-order valence-corrected chi connectivity index (χ1v) is 5.33. The minimum atomic E-state index is -4.94. The van der Waals surface area contributed by atoms with Crippen molar-refractivity contribution in [1.29, 1.82) is 0 Å². The molecule has 0 N–H and O–H groups in total. The maximum absolute atomic E-state index is 12.7. The highest BCUT2D eigenvalue weighted by Crippen LogP contribution is 2.29. The quantitative estimate of drug-likeness (QED) is 0.216. The Morgan fingerprint density at radius 1 is 0.560 bits per heavy atom. The van der Waals surface area contributed by atoms with E-state index in [0.29, 0.717) is 0 Å². The van der Waals surface area contributed by atoms with Crippen LogP contribution < -0.4 is 0 Å². The molecule has 0 rings (SSSR count). The molecule has 0 aliphatic carbocycles. The fourth-order valence-electron chi connectivity index (χ4n) is 0.483. The Kier molecular flexibility index (Phi) is 8.13. The normalized spacial score (nSPS) is 12.8. The average molecular weight is 392 g/mol. The van der Waals surface area contributed by atoms with Crippen molar-refractivity contribution in [1.82, 2.24) is 0 Å². The van der Waals surface area contributed by atoms with Gasteiger partial charge >= 0.3 is 25.6 Å². The molecule has 0 atom stereocenters. The van der Waals surface area contributed by atoms with Gasteiger partial charge in [-0.1, -0.05) is 19.7 Å². The smallest absolute Gasteiger partial charge is 0.223 e. The maximum Gasteiger partial charge on any atom is 0.726 e. The average Bonchev–Trinajstić information content (AvgIpc) is 2.45. The minimum Gasteiger partial charge on any atom is -0.223 e. The van der Waals surface area contributed by atoms with E-state index < -0.39 is 43.1 Å². The van der Waals surface area contributed by atoms with Crippen molar-refractivity contribution in [3.05, 3.63) is 37.2 Å². The van der Waals surface area contributed by atoms with Crippen molar-refractivity contribution in [2.75, 3.05) is 0 Å². The molecule has 16 heteroatoms. The van der Waals surface area contributed by atoms with Gasteiger partial charge < -0.3 is 0 Å². The van der Waals surface area contributed by atoms with Gasteiger partial charge in [-0.05, 0) is 0 Å². The number of alkyl halides is 6. The Bertz CT molecular complexity index is 442. The lowest BCUT2D eigenvalue weighted by atomic mass is 10.3. The first-order chi connectivity index (χ1) is 11.1. The summed E-state index contributed by atoms with van der Waals surface area (Å²) in [5.41, 5.74) is 0. The molecule has 0 radical (unpaired) electrons. The molecule has 0 saturated heterocycles. The number of hydrogen-bond acceptors (Lipinski definition) is 6. The van der Waals surface area contributed by atoms with Gasteiger partial charge in [0.2, 0.25) is 0 Å². The summed E-state index contributed by atoms with van der Waals surface area (Å²) in [6.45, 7) is 6.28. The fourth-order valence-corrected chi connectivity index (χ4v) is 0.483. The minimum absolute atomic E-state index is 2.09. The summed E-state index contributed by atoms with van der Waals surface area (Å²) < 4.78 is 113. The lowest BCUT2D eigenvalue weighted by Gasteiger charge is -2.19. The van der Waals surface area contributed by atoms with Crippen LogP contribution in [0, 0.1) is 0 Å². The molecule has 0 aliphatic rings. The third-order valence-electron chi connectivity index (χ3n) is 1.64. The first kappa shape index (κ1) is 23.4. The van der Waals surface area contributed by atoms with Gasteiger partial charge in [0, 0.05) is 0 Å². The highest BCUT2D eigenvalue weighted by molar-refractivity contribution is 6.35. The highest BCUT2D eigenvalue weighted by atomic mass is 19.3. The summed E-state index contributed by atoms with van der Waals surface area (Å²) in [5, 5.41) is 0. The monoisotopic (exact) mass is 392 g/mol.